The Hall–Kier alpha value is -0.870. The van der Waals surface area contributed by atoms with Crippen LogP contribution in [0.5, 0.6) is 0 Å². The number of hydrogen-bond acceptors (Lipinski definition) is 4. The standard InChI is InChI=1S/C10H14ClN3O/c11-9-5-10(13-6-12-9)14-7-1-3-8(15)4-2-7/h5-8,15H,1-4H2,(H,12,13,14). The van der Waals surface area contributed by atoms with Gasteiger partial charge in [-0.2, -0.15) is 0 Å². The van der Waals surface area contributed by atoms with Gasteiger partial charge >= 0.3 is 0 Å². The summed E-state index contributed by atoms with van der Waals surface area (Å²) >= 11 is 5.75. The maximum Gasteiger partial charge on any atom is 0.134 e. The quantitative estimate of drug-likeness (QED) is 0.757. The Labute approximate surface area is 93.7 Å². The van der Waals surface area contributed by atoms with Crippen LogP contribution in [0.1, 0.15) is 25.7 Å². The Morgan fingerprint density at radius 3 is 2.67 bits per heavy atom. The molecule has 0 saturated heterocycles. The molecule has 82 valence electrons. The van der Waals surface area contributed by atoms with E-state index in [1.54, 1.807) is 6.07 Å². The van der Waals surface area contributed by atoms with E-state index in [0.29, 0.717) is 11.2 Å². The highest BCUT2D eigenvalue weighted by molar-refractivity contribution is 6.29. The highest BCUT2D eigenvalue weighted by Gasteiger charge is 2.19. The van der Waals surface area contributed by atoms with Crippen LogP contribution < -0.4 is 5.32 Å². The molecule has 1 aliphatic rings. The van der Waals surface area contributed by atoms with E-state index >= 15 is 0 Å². The number of aliphatic hydroxyl groups is 1. The zero-order chi connectivity index (χ0) is 10.7. The molecule has 1 fully saturated rings. The van der Waals surface area contributed by atoms with Crippen LogP contribution in [0.2, 0.25) is 5.15 Å². The fraction of sp³-hybridized carbons (Fsp3) is 0.600. The minimum atomic E-state index is -0.128. The molecule has 1 aliphatic carbocycles. The van der Waals surface area contributed by atoms with Crippen LogP contribution in [0.15, 0.2) is 12.4 Å². The molecule has 1 saturated carbocycles. The Balaban J connectivity index is 1.92. The Kier molecular flexibility index (Phi) is 3.38. The number of rotatable bonds is 2. The van der Waals surface area contributed by atoms with E-state index in [-0.39, 0.29) is 6.10 Å². The second-order valence-corrected chi connectivity index (χ2v) is 4.26. The lowest BCUT2D eigenvalue weighted by atomic mass is 9.93. The SMILES string of the molecule is OC1CCC(Nc2cc(Cl)ncn2)CC1. The average Bonchev–Trinajstić information content (AvgIpc) is 2.22. The van der Waals surface area contributed by atoms with E-state index in [0.717, 1.165) is 31.5 Å². The summed E-state index contributed by atoms with van der Waals surface area (Å²) in [5, 5.41) is 13.1. The minimum Gasteiger partial charge on any atom is -0.393 e. The Morgan fingerprint density at radius 1 is 1.27 bits per heavy atom. The molecule has 1 aromatic heterocycles. The lowest BCUT2D eigenvalue weighted by Gasteiger charge is -2.26. The van der Waals surface area contributed by atoms with Crippen LogP contribution in [0.4, 0.5) is 5.82 Å². The highest BCUT2D eigenvalue weighted by Crippen LogP contribution is 2.21. The first kappa shape index (κ1) is 10.6. The van der Waals surface area contributed by atoms with Gasteiger partial charge in [0.2, 0.25) is 0 Å². The van der Waals surface area contributed by atoms with Crippen molar-refractivity contribution in [1.29, 1.82) is 0 Å². The predicted octanol–water partition coefficient (Wildman–Crippen LogP) is 1.85. The zero-order valence-corrected chi connectivity index (χ0v) is 9.11. The van der Waals surface area contributed by atoms with Gasteiger partial charge in [-0.25, -0.2) is 9.97 Å². The van der Waals surface area contributed by atoms with Gasteiger partial charge in [0, 0.05) is 12.1 Å². The molecule has 2 N–H and O–H groups in total. The molecule has 0 bridgehead atoms. The Bertz CT molecular complexity index is 326. The number of nitrogens with zero attached hydrogens (tertiary/aromatic N) is 2. The molecule has 0 unspecified atom stereocenters. The first-order chi connectivity index (χ1) is 7.24. The summed E-state index contributed by atoms with van der Waals surface area (Å²) in [4.78, 5) is 7.90. The summed E-state index contributed by atoms with van der Waals surface area (Å²) in [5.41, 5.74) is 0. The molecular weight excluding hydrogens is 214 g/mol. The lowest BCUT2D eigenvalue weighted by Crippen LogP contribution is -2.28. The molecule has 0 atom stereocenters. The van der Waals surface area contributed by atoms with E-state index in [1.165, 1.54) is 6.33 Å². The van der Waals surface area contributed by atoms with Crippen molar-refractivity contribution in [2.75, 3.05) is 5.32 Å². The van der Waals surface area contributed by atoms with Gasteiger partial charge in [-0.1, -0.05) is 11.6 Å². The third-order valence-electron chi connectivity index (χ3n) is 2.68. The van der Waals surface area contributed by atoms with Gasteiger partial charge in [0.1, 0.15) is 17.3 Å². The van der Waals surface area contributed by atoms with Crippen molar-refractivity contribution in [2.24, 2.45) is 0 Å². The van der Waals surface area contributed by atoms with Crippen LogP contribution >= 0.6 is 11.6 Å². The molecule has 15 heavy (non-hydrogen) atoms. The third kappa shape index (κ3) is 3.04. The van der Waals surface area contributed by atoms with Crippen molar-refractivity contribution < 1.29 is 5.11 Å². The van der Waals surface area contributed by atoms with Crippen molar-refractivity contribution in [1.82, 2.24) is 9.97 Å². The summed E-state index contributed by atoms with van der Waals surface area (Å²) in [7, 11) is 0. The van der Waals surface area contributed by atoms with Crippen molar-refractivity contribution in [3.63, 3.8) is 0 Å². The number of anilines is 1. The van der Waals surface area contributed by atoms with Gasteiger partial charge in [0.05, 0.1) is 6.10 Å². The predicted molar refractivity (Wildman–Crippen MR) is 58.9 cm³/mol. The molecule has 4 nitrogen and oxygen atoms in total. The van der Waals surface area contributed by atoms with Gasteiger partial charge in [-0.3, -0.25) is 0 Å². The molecule has 0 spiro atoms. The first-order valence-corrected chi connectivity index (χ1v) is 5.54. The van der Waals surface area contributed by atoms with E-state index in [4.69, 9.17) is 11.6 Å². The first-order valence-electron chi connectivity index (χ1n) is 5.16. The molecule has 1 aromatic rings. The monoisotopic (exact) mass is 227 g/mol. The summed E-state index contributed by atoms with van der Waals surface area (Å²) < 4.78 is 0. The van der Waals surface area contributed by atoms with Crippen LogP contribution in [-0.4, -0.2) is 27.2 Å². The largest absolute Gasteiger partial charge is 0.393 e. The number of hydrogen-bond donors (Lipinski definition) is 2. The van der Waals surface area contributed by atoms with Gasteiger partial charge in [0.15, 0.2) is 0 Å². The summed E-state index contributed by atoms with van der Waals surface area (Å²) in [6, 6.07) is 2.10. The number of aliphatic hydroxyl groups excluding tert-OH is 1. The molecule has 1 heterocycles. The van der Waals surface area contributed by atoms with Crippen LogP contribution in [0, 0.1) is 0 Å². The smallest absolute Gasteiger partial charge is 0.134 e. The minimum absolute atomic E-state index is 0.128. The van der Waals surface area contributed by atoms with Gasteiger partial charge in [-0.05, 0) is 25.7 Å². The number of aromatic nitrogens is 2. The van der Waals surface area contributed by atoms with Gasteiger partial charge in [-0.15, -0.1) is 0 Å². The van der Waals surface area contributed by atoms with Gasteiger partial charge in [0.25, 0.3) is 0 Å². The summed E-state index contributed by atoms with van der Waals surface area (Å²) in [6.07, 6.45) is 4.98. The fourth-order valence-electron chi connectivity index (χ4n) is 1.84. The molecule has 0 aromatic carbocycles. The topological polar surface area (TPSA) is 58.0 Å². The van der Waals surface area contributed by atoms with Crippen LogP contribution in [0.3, 0.4) is 0 Å². The molecule has 0 aliphatic heterocycles. The van der Waals surface area contributed by atoms with E-state index in [9.17, 15) is 5.11 Å². The van der Waals surface area contributed by atoms with E-state index in [2.05, 4.69) is 15.3 Å². The number of nitrogens with one attached hydrogen (secondary N) is 1. The average molecular weight is 228 g/mol. The van der Waals surface area contributed by atoms with Gasteiger partial charge < -0.3 is 10.4 Å². The molecule has 5 heteroatoms. The number of halogens is 1. The van der Waals surface area contributed by atoms with E-state index < -0.39 is 0 Å². The molecule has 0 amide bonds. The maximum atomic E-state index is 9.36. The molecule has 2 rings (SSSR count). The van der Waals surface area contributed by atoms with E-state index in [1.807, 2.05) is 0 Å². The van der Waals surface area contributed by atoms with Crippen molar-refractivity contribution in [3.05, 3.63) is 17.5 Å². The maximum absolute atomic E-state index is 9.36. The summed E-state index contributed by atoms with van der Waals surface area (Å²) in [6.45, 7) is 0. The highest BCUT2D eigenvalue weighted by atomic mass is 35.5. The molecular formula is C10H14ClN3O. The van der Waals surface area contributed by atoms with Crippen LogP contribution in [-0.2, 0) is 0 Å². The summed E-state index contributed by atoms with van der Waals surface area (Å²) in [5.74, 6) is 0.761. The second-order valence-electron chi connectivity index (χ2n) is 3.88. The normalized spacial score (nSPS) is 26.3. The third-order valence-corrected chi connectivity index (χ3v) is 2.89. The molecule has 0 radical (unpaired) electrons. The zero-order valence-electron chi connectivity index (χ0n) is 8.36. The van der Waals surface area contributed by atoms with Crippen molar-refractivity contribution in [2.45, 2.75) is 37.8 Å². The second kappa shape index (κ2) is 4.77. The fourth-order valence-corrected chi connectivity index (χ4v) is 1.99. The Morgan fingerprint density at radius 2 is 2.00 bits per heavy atom. The lowest BCUT2D eigenvalue weighted by molar-refractivity contribution is 0.126. The van der Waals surface area contributed by atoms with Crippen molar-refractivity contribution in [3.8, 4) is 0 Å². The van der Waals surface area contributed by atoms with Crippen molar-refractivity contribution >= 4 is 17.4 Å². The van der Waals surface area contributed by atoms with Crippen LogP contribution in [0.25, 0.3) is 0 Å².